The van der Waals surface area contributed by atoms with E-state index < -0.39 is 0 Å². The van der Waals surface area contributed by atoms with Crippen molar-refractivity contribution in [3.63, 3.8) is 0 Å². The Labute approximate surface area is 175 Å². The summed E-state index contributed by atoms with van der Waals surface area (Å²) in [6, 6.07) is 9.47. The van der Waals surface area contributed by atoms with Crippen molar-refractivity contribution in [2.45, 2.75) is 61.9 Å². The van der Waals surface area contributed by atoms with Gasteiger partial charge in [-0.25, -0.2) is 0 Å². The van der Waals surface area contributed by atoms with Gasteiger partial charge in [0.1, 0.15) is 10.8 Å². The molecule has 152 valence electrons. The monoisotopic (exact) mass is 409 g/mol. The van der Waals surface area contributed by atoms with Gasteiger partial charge in [-0.2, -0.15) is 5.10 Å². The van der Waals surface area contributed by atoms with E-state index in [0.29, 0.717) is 16.5 Å². The topological polar surface area (TPSA) is 86.7 Å². The average molecular weight is 410 g/mol. The van der Waals surface area contributed by atoms with Gasteiger partial charge in [-0.1, -0.05) is 6.07 Å². The van der Waals surface area contributed by atoms with Gasteiger partial charge in [0.25, 0.3) is 0 Å². The molecular weight excluding hydrogens is 382 g/mol. The highest BCUT2D eigenvalue weighted by Gasteiger charge is 2.38. The van der Waals surface area contributed by atoms with Crippen LogP contribution in [-0.2, 0) is 0 Å². The van der Waals surface area contributed by atoms with E-state index in [2.05, 4.69) is 53.4 Å². The van der Waals surface area contributed by atoms with Crippen molar-refractivity contribution < 1.29 is 5.11 Å². The number of aromatic amines is 1. The molecule has 2 aromatic heterocycles. The average Bonchev–Trinajstić information content (AvgIpc) is 3.14. The van der Waals surface area contributed by atoms with Gasteiger partial charge >= 0.3 is 0 Å². The Bertz CT molecular complexity index is 967. The maximum atomic E-state index is 10.5. The molecule has 1 fully saturated rings. The standard InChI is InChI=1S/C22H27N5OS/c1-21(2)10-16(11-22(3,4)27-21)29-20-8-7-18(25-26-20)17-6-5-14(9-19(17)28)15-12-23-24-13-15/h5-9,12-13,16,27-28H,10-11H2,1-4H3,(H,23,24). The molecule has 3 aromatic rings. The van der Waals surface area contributed by atoms with Crippen LogP contribution in [0.2, 0.25) is 0 Å². The fourth-order valence-electron chi connectivity index (χ4n) is 4.35. The minimum atomic E-state index is 0.106. The van der Waals surface area contributed by atoms with Crippen LogP contribution in [0, 0.1) is 0 Å². The molecule has 0 atom stereocenters. The Kier molecular flexibility index (Phi) is 5.12. The number of benzene rings is 1. The van der Waals surface area contributed by atoms with E-state index in [1.165, 1.54) is 0 Å². The van der Waals surface area contributed by atoms with Crippen LogP contribution in [0.25, 0.3) is 22.4 Å². The van der Waals surface area contributed by atoms with Crippen LogP contribution in [0.5, 0.6) is 5.75 Å². The van der Waals surface area contributed by atoms with Crippen molar-refractivity contribution in [2.24, 2.45) is 0 Å². The smallest absolute Gasteiger partial charge is 0.125 e. The highest BCUT2D eigenvalue weighted by molar-refractivity contribution is 7.99. The second-order valence-electron chi connectivity index (χ2n) is 9.02. The lowest BCUT2D eigenvalue weighted by Crippen LogP contribution is -2.58. The van der Waals surface area contributed by atoms with Crippen LogP contribution in [0.15, 0.2) is 47.8 Å². The van der Waals surface area contributed by atoms with E-state index >= 15 is 0 Å². The number of H-pyrrole nitrogens is 1. The third-order valence-corrected chi connectivity index (χ3v) is 6.31. The van der Waals surface area contributed by atoms with Gasteiger partial charge in [-0.05, 0) is 70.4 Å². The largest absolute Gasteiger partial charge is 0.507 e. The highest BCUT2D eigenvalue weighted by atomic mass is 32.2. The lowest BCUT2D eigenvalue weighted by Gasteiger charge is -2.46. The van der Waals surface area contributed by atoms with Crippen molar-refractivity contribution in [2.75, 3.05) is 0 Å². The minimum absolute atomic E-state index is 0.106. The van der Waals surface area contributed by atoms with E-state index in [4.69, 9.17) is 0 Å². The summed E-state index contributed by atoms with van der Waals surface area (Å²) in [5, 5.41) is 31.1. The molecule has 0 bridgehead atoms. The molecule has 4 rings (SSSR count). The first-order valence-corrected chi connectivity index (χ1v) is 10.7. The van der Waals surface area contributed by atoms with Crippen molar-refractivity contribution in [1.29, 1.82) is 0 Å². The third-order valence-electron chi connectivity index (χ3n) is 5.19. The summed E-state index contributed by atoms with van der Waals surface area (Å²) in [7, 11) is 0. The molecule has 1 aliphatic heterocycles. The molecule has 6 nitrogen and oxygen atoms in total. The summed E-state index contributed by atoms with van der Waals surface area (Å²) in [5.74, 6) is 0.181. The van der Waals surface area contributed by atoms with Gasteiger partial charge in [-0.3, -0.25) is 5.10 Å². The molecule has 3 heterocycles. The van der Waals surface area contributed by atoms with E-state index in [9.17, 15) is 5.11 Å². The van der Waals surface area contributed by atoms with Crippen LogP contribution >= 0.6 is 11.8 Å². The molecule has 0 unspecified atom stereocenters. The summed E-state index contributed by atoms with van der Waals surface area (Å²) in [5.41, 5.74) is 3.38. The fraction of sp³-hybridized carbons (Fsp3) is 0.409. The predicted octanol–water partition coefficient (Wildman–Crippen LogP) is 4.64. The number of nitrogens with zero attached hydrogens (tertiary/aromatic N) is 3. The summed E-state index contributed by atoms with van der Waals surface area (Å²) < 4.78 is 0. The van der Waals surface area contributed by atoms with E-state index in [1.807, 2.05) is 24.3 Å². The zero-order valence-electron chi connectivity index (χ0n) is 17.2. The van der Waals surface area contributed by atoms with E-state index in [1.54, 1.807) is 30.2 Å². The second-order valence-corrected chi connectivity index (χ2v) is 10.3. The normalized spacial score (nSPS) is 18.6. The molecule has 0 spiro atoms. The highest BCUT2D eigenvalue weighted by Crippen LogP contribution is 2.38. The van der Waals surface area contributed by atoms with E-state index in [0.717, 1.165) is 29.0 Å². The van der Waals surface area contributed by atoms with Gasteiger partial charge in [0.05, 0.1) is 11.9 Å². The zero-order valence-corrected chi connectivity index (χ0v) is 18.0. The number of piperidine rings is 1. The summed E-state index contributed by atoms with van der Waals surface area (Å²) in [6.45, 7) is 9.02. The lowest BCUT2D eigenvalue weighted by atomic mass is 9.82. The number of rotatable bonds is 4. The number of thioether (sulfide) groups is 1. The number of aromatic nitrogens is 4. The first kappa shape index (κ1) is 19.9. The lowest BCUT2D eigenvalue weighted by molar-refractivity contribution is 0.188. The Morgan fingerprint density at radius 3 is 2.34 bits per heavy atom. The Morgan fingerprint density at radius 1 is 1.00 bits per heavy atom. The molecule has 0 saturated carbocycles. The molecule has 0 amide bonds. The Balaban J connectivity index is 1.50. The van der Waals surface area contributed by atoms with E-state index in [-0.39, 0.29) is 16.8 Å². The van der Waals surface area contributed by atoms with Crippen molar-refractivity contribution in [1.82, 2.24) is 25.7 Å². The molecule has 0 aliphatic carbocycles. The SMILES string of the molecule is CC1(C)CC(Sc2ccc(-c3ccc(-c4cn[nH]c4)cc3O)nn2)CC(C)(C)N1. The summed E-state index contributed by atoms with van der Waals surface area (Å²) >= 11 is 1.79. The van der Waals surface area contributed by atoms with Crippen molar-refractivity contribution >= 4 is 11.8 Å². The first-order valence-electron chi connectivity index (χ1n) is 9.83. The zero-order chi connectivity index (χ0) is 20.6. The van der Waals surface area contributed by atoms with Gasteiger partial charge in [0.15, 0.2) is 0 Å². The van der Waals surface area contributed by atoms with Gasteiger partial charge in [0, 0.05) is 33.7 Å². The molecule has 7 heteroatoms. The fourth-order valence-corrected chi connectivity index (χ4v) is 5.92. The number of phenolic OH excluding ortho intramolecular Hbond substituents is 1. The summed E-state index contributed by atoms with van der Waals surface area (Å²) in [4.78, 5) is 0. The molecular formula is C22H27N5OS. The molecule has 1 aromatic carbocycles. The number of hydrogen-bond donors (Lipinski definition) is 3. The maximum absolute atomic E-state index is 10.5. The molecule has 29 heavy (non-hydrogen) atoms. The number of nitrogens with one attached hydrogen (secondary N) is 2. The summed E-state index contributed by atoms with van der Waals surface area (Å²) in [6.07, 6.45) is 5.69. The molecule has 1 aliphatic rings. The Morgan fingerprint density at radius 2 is 1.76 bits per heavy atom. The van der Waals surface area contributed by atoms with Gasteiger partial charge in [-0.15, -0.1) is 22.0 Å². The quantitative estimate of drug-likeness (QED) is 0.582. The van der Waals surface area contributed by atoms with Crippen LogP contribution in [0.1, 0.15) is 40.5 Å². The molecule has 0 radical (unpaired) electrons. The Hall–Kier alpha value is -2.38. The van der Waals surface area contributed by atoms with Gasteiger partial charge < -0.3 is 10.4 Å². The molecule has 1 saturated heterocycles. The minimum Gasteiger partial charge on any atom is -0.507 e. The van der Waals surface area contributed by atoms with Crippen molar-refractivity contribution in [3.8, 4) is 28.1 Å². The number of hydrogen-bond acceptors (Lipinski definition) is 6. The second kappa shape index (κ2) is 7.46. The van der Waals surface area contributed by atoms with Crippen LogP contribution in [-0.4, -0.2) is 41.8 Å². The third kappa shape index (κ3) is 4.62. The first-order chi connectivity index (χ1) is 13.7. The van der Waals surface area contributed by atoms with Crippen molar-refractivity contribution in [3.05, 3.63) is 42.7 Å². The van der Waals surface area contributed by atoms with Gasteiger partial charge in [0.2, 0.25) is 0 Å². The number of aromatic hydroxyl groups is 1. The van der Waals surface area contributed by atoms with Crippen LogP contribution in [0.4, 0.5) is 0 Å². The van der Waals surface area contributed by atoms with Crippen LogP contribution < -0.4 is 5.32 Å². The molecule has 3 N–H and O–H groups in total. The van der Waals surface area contributed by atoms with Crippen LogP contribution in [0.3, 0.4) is 0 Å². The predicted molar refractivity (Wildman–Crippen MR) is 117 cm³/mol. The number of phenols is 1. The maximum Gasteiger partial charge on any atom is 0.125 e.